The van der Waals surface area contributed by atoms with Gasteiger partial charge in [0.2, 0.25) is 0 Å². The molecule has 1 unspecified atom stereocenters. The predicted molar refractivity (Wildman–Crippen MR) is 68.2 cm³/mol. The highest BCUT2D eigenvalue weighted by molar-refractivity contribution is 4.77. The maximum atomic E-state index is 3.64. The number of hydrogen-bond donors (Lipinski definition) is 1. The summed E-state index contributed by atoms with van der Waals surface area (Å²) in [7, 11) is 0. The van der Waals surface area contributed by atoms with Gasteiger partial charge in [-0.1, -0.05) is 51.9 Å². The summed E-state index contributed by atoms with van der Waals surface area (Å²) in [6, 6.07) is 0.758. The van der Waals surface area contributed by atoms with Crippen molar-refractivity contribution in [2.24, 2.45) is 5.92 Å². The van der Waals surface area contributed by atoms with Gasteiger partial charge in [-0.25, -0.2) is 0 Å². The normalized spacial score (nSPS) is 18.0. The fourth-order valence-corrected chi connectivity index (χ4v) is 2.19. The van der Waals surface area contributed by atoms with Gasteiger partial charge in [-0.2, -0.15) is 0 Å². The number of rotatable bonds is 10. The van der Waals surface area contributed by atoms with Gasteiger partial charge in [0.1, 0.15) is 0 Å². The Kier molecular flexibility index (Phi) is 7.08. The minimum absolute atomic E-state index is 0.758. The molecule has 0 aromatic heterocycles. The van der Waals surface area contributed by atoms with Gasteiger partial charge >= 0.3 is 0 Å². The molecule has 1 saturated carbocycles. The van der Waals surface area contributed by atoms with Crippen LogP contribution in [0.25, 0.3) is 0 Å². The minimum Gasteiger partial charge on any atom is -0.314 e. The zero-order valence-corrected chi connectivity index (χ0v) is 10.7. The third-order valence-corrected chi connectivity index (χ3v) is 3.41. The summed E-state index contributed by atoms with van der Waals surface area (Å²) >= 11 is 0. The second-order valence-electron chi connectivity index (χ2n) is 5.30. The van der Waals surface area contributed by atoms with Crippen LogP contribution in [0, 0.1) is 5.92 Å². The van der Waals surface area contributed by atoms with Gasteiger partial charge in [-0.3, -0.25) is 0 Å². The molecule has 1 nitrogen and oxygen atoms in total. The molecule has 0 spiro atoms. The van der Waals surface area contributed by atoms with E-state index in [-0.39, 0.29) is 0 Å². The second-order valence-corrected chi connectivity index (χ2v) is 5.30. The van der Waals surface area contributed by atoms with Gasteiger partial charge in [0.15, 0.2) is 0 Å². The minimum atomic E-state index is 0.758. The molecule has 15 heavy (non-hydrogen) atoms. The summed E-state index contributed by atoms with van der Waals surface area (Å²) in [4.78, 5) is 0. The molecule has 0 saturated heterocycles. The Balaban J connectivity index is 1.75. The summed E-state index contributed by atoms with van der Waals surface area (Å²) in [5.74, 6) is 1.07. The fraction of sp³-hybridized carbons (Fsp3) is 1.00. The van der Waals surface area contributed by atoms with Crippen molar-refractivity contribution in [2.45, 2.75) is 77.7 Å². The second kappa shape index (κ2) is 8.15. The van der Waals surface area contributed by atoms with Gasteiger partial charge in [0.05, 0.1) is 0 Å². The van der Waals surface area contributed by atoms with Gasteiger partial charge in [0.25, 0.3) is 0 Å². The van der Waals surface area contributed by atoms with E-state index in [1.807, 2.05) is 0 Å². The Labute approximate surface area is 96.0 Å². The van der Waals surface area contributed by atoms with E-state index in [0.717, 1.165) is 12.0 Å². The topological polar surface area (TPSA) is 12.0 Å². The Bertz CT molecular complexity index is 140. The SMILES string of the molecule is CCCCCCCCNC(C)CC1CC1. The van der Waals surface area contributed by atoms with Crippen molar-refractivity contribution in [1.29, 1.82) is 0 Å². The van der Waals surface area contributed by atoms with Crippen LogP contribution in [0.4, 0.5) is 0 Å². The lowest BCUT2D eigenvalue weighted by atomic mass is 10.1. The van der Waals surface area contributed by atoms with Crippen LogP contribution in [0.1, 0.15) is 71.6 Å². The molecule has 0 aromatic rings. The highest BCUT2D eigenvalue weighted by Crippen LogP contribution is 2.33. The first kappa shape index (κ1) is 13.0. The molecule has 1 fully saturated rings. The van der Waals surface area contributed by atoms with Crippen LogP contribution in [0.3, 0.4) is 0 Å². The summed E-state index contributed by atoms with van der Waals surface area (Å²) < 4.78 is 0. The molecule has 0 bridgehead atoms. The molecule has 0 radical (unpaired) electrons. The molecule has 0 aliphatic heterocycles. The van der Waals surface area contributed by atoms with Crippen LogP contribution in [0.5, 0.6) is 0 Å². The summed E-state index contributed by atoms with van der Waals surface area (Å²) in [6.07, 6.45) is 12.8. The molecule has 1 rings (SSSR count). The highest BCUT2D eigenvalue weighted by Gasteiger charge is 2.22. The summed E-state index contributed by atoms with van der Waals surface area (Å²) in [5, 5.41) is 3.64. The predicted octanol–water partition coefficient (Wildman–Crippen LogP) is 4.13. The average molecular weight is 211 g/mol. The maximum Gasteiger partial charge on any atom is 0.00413 e. The van der Waals surface area contributed by atoms with Crippen LogP contribution >= 0.6 is 0 Å². The van der Waals surface area contributed by atoms with Gasteiger partial charge in [-0.05, 0) is 32.2 Å². The Hall–Kier alpha value is -0.0400. The Morgan fingerprint density at radius 2 is 1.73 bits per heavy atom. The van der Waals surface area contributed by atoms with E-state index in [0.29, 0.717) is 0 Å². The van der Waals surface area contributed by atoms with E-state index in [9.17, 15) is 0 Å². The van der Waals surface area contributed by atoms with Crippen LogP contribution in [-0.4, -0.2) is 12.6 Å². The van der Waals surface area contributed by atoms with E-state index in [1.54, 1.807) is 0 Å². The van der Waals surface area contributed by atoms with Crippen molar-refractivity contribution < 1.29 is 0 Å². The summed E-state index contributed by atoms with van der Waals surface area (Å²) in [5.41, 5.74) is 0. The average Bonchev–Trinajstić information content (AvgIpc) is 3.00. The first-order chi connectivity index (χ1) is 7.33. The third-order valence-electron chi connectivity index (χ3n) is 3.41. The van der Waals surface area contributed by atoms with Gasteiger partial charge in [-0.15, -0.1) is 0 Å². The number of hydrogen-bond acceptors (Lipinski definition) is 1. The van der Waals surface area contributed by atoms with Crippen molar-refractivity contribution >= 4 is 0 Å². The van der Waals surface area contributed by atoms with E-state index in [1.165, 1.54) is 64.3 Å². The van der Waals surface area contributed by atoms with Gasteiger partial charge < -0.3 is 5.32 Å². The lowest BCUT2D eigenvalue weighted by Crippen LogP contribution is -2.27. The zero-order chi connectivity index (χ0) is 10.9. The van der Waals surface area contributed by atoms with E-state index in [2.05, 4.69) is 19.2 Å². The van der Waals surface area contributed by atoms with Crippen molar-refractivity contribution in [1.82, 2.24) is 5.32 Å². The lowest BCUT2D eigenvalue weighted by Gasteiger charge is -2.12. The van der Waals surface area contributed by atoms with Crippen molar-refractivity contribution in [3.05, 3.63) is 0 Å². The van der Waals surface area contributed by atoms with Crippen molar-refractivity contribution in [2.75, 3.05) is 6.54 Å². The van der Waals surface area contributed by atoms with Crippen LogP contribution in [-0.2, 0) is 0 Å². The number of unbranched alkanes of at least 4 members (excludes halogenated alkanes) is 5. The smallest absolute Gasteiger partial charge is 0.00413 e. The molecular weight excluding hydrogens is 182 g/mol. The molecule has 1 aliphatic rings. The largest absolute Gasteiger partial charge is 0.314 e. The molecule has 0 heterocycles. The van der Waals surface area contributed by atoms with Gasteiger partial charge in [0, 0.05) is 6.04 Å². The molecule has 1 heteroatoms. The van der Waals surface area contributed by atoms with Crippen LogP contribution in [0.15, 0.2) is 0 Å². The molecule has 90 valence electrons. The van der Waals surface area contributed by atoms with Crippen molar-refractivity contribution in [3.8, 4) is 0 Å². The van der Waals surface area contributed by atoms with Crippen molar-refractivity contribution in [3.63, 3.8) is 0 Å². The third kappa shape index (κ3) is 7.84. The van der Waals surface area contributed by atoms with E-state index < -0.39 is 0 Å². The molecule has 0 amide bonds. The first-order valence-corrected chi connectivity index (χ1v) is 7.06. The number of nitrogens with one attached hydrogen (secondary N) is 1. The molecule has 1 N–H and O–H groups in total. The standard InChI is InChI=1S/C14H29N/c1-3-4-5-6-7-8-11-15-13(2)12-14-9-10-14/h13-15H,3-12H2,1-2H3. The van der Waals surface area contributed by atoms with Crippen LogP contribution < -0.4 is 5.32 Å². The monoisotopic (exact) mass is 211 g/mol. The molecule has 1 aliphatic carbocycles. The summed E-state index contributed by atoms with van der Waals surface area (Å²) in [6.45, 7) is 5.86. The highest BCUT2D eigenvalue weighted by atomic mass is 14.9. The van der Waals surface area contributed by atoms with Crippen LogP contribution in [0.2, 0.25) is 0 Å². The van der Waals surface area contributed by atoms with E-state index in [4.69, 9.17) is 0 Å². The Morgan fingerprint density at radius 3 is 2.40 bits per heavy atom. The fourth-order valence-electron chi connectivity index (χ4n) is 2.19. The zero-order valence-electron chi connectivity index (χ0n) is 10.7. The Morgan fingerprint density at radius 1 is 1.07 bits per heavy atom. The lowest BCUT2D eigenvalue weighted by molar-refractivity contribution is 0.471. The maximum absolute atomic E-state index is 3.64. The molecular formula is C14H29N. The van der Waals surface area contributed by atoms with E-state index >= 15 is 0 Å². The quantitative estimate of drug-likeness (QED) is 0.536. The molecule has 0 aromatic carbocycles. The molecule has 1 atom stereocenters. The first-order valence-electron chi connectivity index (χ1n) is 7.06.